The maximum atomic E-state index is 8.96. The third-order valence-corrected chi connectivity index (χ3v) is 2.85. The van der Waals surface area contributed by atoms with Crippen LogP contribution in [0, 0.1) is 0 Å². The van der Waals surface area contributed by atoms with E-state index in [-0.39, 0.29) is 12.5 Å². The molecule has 0 atom stereocenters. The summed E-state index contributed by atoms with van der Waals surface area (Å²) in [7, 11) is 0. The zero-order chi connectivity index (χ0) is 13.7. The van der Waals surface area contributed by atoms with Gasteiger partial charge >= 0.3 is 6.01 Å². The van der Waals surface area contributed by atoms with Gasteiger partial charge in [0.05, 0.1) is 6.61 Å². The summed E-state index contributed by atoms with van der Waals surface area (Å²) in [5.41, 5.74) is 2.13. The highest BCUT2D eigenvalue weighted by Gasteiger charge is 2.08. The second-order valence-corrected chi connectivity index (χ2v) is 4.76. The molecule has 102 valence electrons. The van der Waals surface area contributed by atoms with Gasteiger partial charge in [-0.1, -0.05) is 43.3 Å². The van der Waals surface area contributed by atoms with E-state index in [1.54, 1.807) is 0 Å². The average Bonchev–Trinajstić information content (AvgIpc) is 2.89. The van der Waals surface area contributed by atoms with Crippen molar-refractivity contribution in [3.63, 3.8) is 0 Å². The van der Waals surface area contributed by atoms with Crippen LogP contribution in [0.5, 0.6) is 0 Å². The van der Waals surface area contributed by atoms with Crippen molar-refractivity contribution in [1.82, 2.24) is 10.1 Å². The summed E-state index contributed by atoms with van der Waals surface area (Å²) >= 11 is 0. The first-order chi connectivity index (χ1) is 9.19. The molecule has 2 rings (SSSR count). The molecular formula is C14H19N3O2. The molecule has 2 N–H and O–H groups in total. The normalized spacial score (nSPS) is 10.9. The third-order valence-electron chi connectivity index (χ3n) is 2.85. The van der Waals surface area contributed by atoms with Crippen LogP contribution in [0.3, 0.4) is 0 Å². The zero-order valence-electron chi connectivity index (χ0n) is 11.3. The fraction of sp³-hybridized carbons (Fsp3) is 0.429. The summed E-state index contributed by atoms with van der Waals surface area (Å²) in [6, 6.07) is 8.36. The molecule has 0 bridgehead atoms. The highest BCUT2D eigenvalue weighted by atomic mass is 16.5. The van der Waals surface area contributed by atoms with Crippen molar-refractivity contribution in [2.24, 2.45) is 0 Å². The van der Waals surface area contributed by atoms with Crippen LogP contribution in [0.1, 0.15) is 36.7 Å². The predicted molar refractivity (Wildman–Crippen MR) is 72.9 cm³/mol. The summed E-state index contributed by atoms with van der Waals surface area (Å²) in [5.74, 6) is 0.986. The zero-order valence-corrected chi connectivity index (χ0v) is 11.3. The van der Waals surface area contributed by atoms with Gasteiger partial charge in [-0.2, -0.15) is 4.98 Å². The Labute approximate surface area is 112 Å². The Morgan fingerprint density at radius 3 is 2.47 bits per heavy atom. The van der Waals surface area contributed by atoms with E-state index in [4.69, 9.17) is 9.63 Å². The maximum absolute atomic E-state index is 8.96. The van der Waals surface area contributed by atoms with Crippen molar-refractivity contribution in [2.45, 2.75) is 32.8 Å². The lowest BCUT2D eigenvalue weighted by molar-refractivity contribution is 0.282. The van der Waals surface area contributed by atoms with Gasteiger partial charge in [0, 0.05) is 12.5 Å². The van der Waals surface area contributed by atoms with Crippen molar-refractivity contribution < 1.29 is 9.63 Å². The van der Waals surface area contributed by atoms with Crippen LogP contribution in [0.15, 0.2) is 28.8 Å². The summed E-state index contributed by atoms with van der Waals surface area (Å²) in [6.07, 6.45) is 0.866. The molecule has 0 amide bonds. The van der Waals surface area contributed by atoms with Crippen LogP contribution < -0.4 is 5.32 Å². The van der Waals surface area contributed by atoms with E-state index in [0.29, 0.717) is 6.01 Å². The monoisotopic (exact) mass is 261 g/mol. The fourth-order valence-corrected chi connectivity index (χ4v) is 1.67. The Morgan fingerprint density at radius 2 is 1.89 bits per heavy atom. The van der Waals surface area contributed by atoms with Gasteiger partial charge in [-0.05, 0) is 17.5 Å². The predicted octanol–water partition coefficient (Wildman–Crippen LogP) is 2.34. The minimum Gasteiger partial charge on any atom is -0.392 e. The first-order valence-corrected chi connectivity index (χ1v) is 6.45. The van der Waals surface area contributed by atoms with E-state index in [1.165, 1.54) is 5.56 Å². The van der Waals surface area contributed by atoms with Crippen LogP contribution in [-0.2, 0) is 13.0 Å². The van der Waals surface area contributed by atoms with E-state index in [2.05, 4.69) is 15.5 Å². The Morgan fingerprint density at radius 1 is 1.21 bits per heavy atom. The van der Waals surface area contributed by atoms with E-state index in [1.807, 2.05) is 38.1 Å². The third kappa shape index (κ3) is 3.79. The molecular weight excluding hydrogens is 242 g/mol. The van der Waals surface area contributed by atoms with Gasteiger partial charge in [0.15, 0.2) is 5.82 Å². The standard InChI is InChI=1S/C14H19N3O2/c1-10(2)13-16-14(19-17-13)15-8-7-11-3-5-12(9-18)6-4-11/h3-6,10,18H,7-9H2,1-2H3,(H,15,16,17). The summed E-state index contributed by atoms with van der Waals surface area (Å²) in [6.45, 7) is 4.87. The number of aliphatic hydroxyl groups excluding tert-OH is 1. The number of anilines is 1. The average molecular weight is 261 g/mol. The largest absolute Gasteiger partial charge is 0.392 e. The van der Waals surface area contributed by atoms with Crippen LogP contribution in [-0.4, -0.2) is 21.8 Å². The molecule has 1 heterocycles. The fourth-order valence-electron chi connectivity index (χ4n) is 1.67. The van der Waals surface area contributed by atoms with Crippen molar-refractivity contribution in [1.29, 1.82) is 0 Å². The molecule has 19 heavy (non-hydrogen) atoms. The van der Waals surface area contributed by atoms with E-state index in [0.717, 1.165) is 24.4 Å². The van der Waals surface area contributed by atoms with Crippen LogP contribution in [0.2, 0.25) is 0 Å². The highest BCUT2D eigenvalue weighted by molar-refractivity contribution is 5.24. The SMILES string of the molecule is CC(C)c1noc(NCCc2ccc(CO)cc2)n1. The Kier molecular flexibility index (Phi) is 4.52. The summed E-state index contributed by atoms with van der Waals surface area (Å²) in [4.78, 5) is 4.25. The molecule has 1 aromatic heterocycles. The molecule has 0 saturated carbocycles. The van der Waals surface area contributed by atoms with Gasteiger partial charge < -0.3 is 14.9 Å². The Balaban J connectivity index is 1.81. The molecule has 0 aliphatic heterocycles. The number of hydrogen-bond acceptors (Lipinski definition) is 5. The maximum Gasteiger partial charge on any atom is 0.321 e. The van der Waals surface area contributed by atoms with Gasteiger partial charge in [-0.15, -0.1) is 0 Å². The van der Waals surface area contributed by atoms with Crippen molar-refractivity contribution in [3.8, 4) is 0 Å². The quantitative estimate of drug-likeness (QED) is 0.835. The van der Waals surface area contributed by atoms with Crippen molar-refractivity contribution in [3.05, 3.63) is 41.2 Å². The van der Waals surface area contributed by atoms with Crippen molar-refractivity contribution in [2.75, 3.05) is 11.9 Å². The molecule has 5 nitrogen and oxygen atoms in total. The number of aromatic nitrogens is 2. The van der Waals surface area contributed by atoms with Gasteiger partial charge in [0.2, 0.25) is 0 Å². The number of aliphatic hydroxyl groups is 1. The second kappa shape index (κ2) is 6.33. The van der Waals surface area contributed by atoms with E-state index >= 15 is 0 Å². The lowest BCUT2D eigenvalue weighted by Gasteiger charge is -2.03. The van der Waals surface area contributed by atoms with Gasteiger partial charge in [-0.25, -0.2) is 0 Å². The lowest BCUT2D eigenvalue weighted by atomic mass is 10.1. The topological polar surface area (TPSA) is 71.2 Å². The number of benzene rings is 1. The number of rotatable bonds is 6. The molecule has 0 radical (unpaired) electrons. The molecule has 0 saturated heterocycles. The Bertz CT molecular complexity index is 506. The number of hydrogen-bond donors (Lipinski definition) is 2. The van der Waals surface area contributed by atoms with Crippen LogP contribution in [0.25, 0.3) is 0 Å². The molecule has 0 aliphatic rings. The molecule has 0 unspecified atom stereocenters. The van der Waals surface area contributed by atoms with Gasteiger partial charge in [-0.3, -0.25) is 0 Å². The number of nitrogens with one attached hydrogen (secondary N) is 1. The Hall–Kier alpha value is -1.88. The molecule has 2 aromatic rings. The first-order valence-electron chi connectivity index (χ1n) is 6.45. The lowest BCUT2D eigenvalue weighted by Crippen LogP contribution is -2.05. The summed E-state index contributed by atoms with van der Waals surface area (Å²) in [5, 5.41) is 16.0. The minimum atomic E-state index is 0.0818. The van der Waals surface area contributed by atoms with E-state index in [9.17, 15) is 0 Å². The molecule has 0 aliphatic carbocycles. The highest BCUT2D eigenvalue weighted by Crippen LogP contribution is 2.12. The van der Waals surface area contributed by atoms with Crippen LogP contribution in [0.4, 0.5) is 6.01 Å². The minimum absolute atomic E-state index is 0.0818. The van der Waals surface area contributed by atoms with Crippen LogP contribution >= 0.6 is 0 Å². The molecule has 0 spiro atoms. The molecule has 1 aromatic carbocycles. The molecule has 5 heteroatoms. The summed E-state index contributed by atoms with van der Waals surface area (Å²) < 4.78 is 5.10. The molecule has 0 fully saturated rings. The van der Waals surface area contributed by atoms with Crippen molar-refractivity contribution >= 4 is 6.01 Å². The smallest absolute Gasteiger partial charge is 0.321 e. The van der Waals surface area contributed by atoms with Gasteiger partial charge in [0.25, 0.3) is 0 Å². The second-order valence-electron chi connectivity index (χ2n) is 4.76. The number of nitrogens with zero attached hydrogens (tertiary/aromatic N) is 2. The van der Waals surface area contributed by atoms with Gasteiger partial charge in [0.1, 0.15) is 0 Å². The first kappa shape index (κ1) is 13.5. The van der Waals surface area contributed by atoms with E-state index < -0.39 is 0 Å².